The highest BCUT2D eigenvalue weighted by Gasteiger charge is 2.43. The molecule has 1 aromatic rings. The van der Waals surface area contributed by atoms with Gasteiger partial charge in [-0.05, 0) is 37.8 Å². The number of halogens is 2. The Hall–Kier alpha value is -0.640. The van der Waals surface area contributed by atoms with Gasteiger partial charge in [0.2, 0.25) is 0 Å². The quantitative estimate of drug-likeness (QED) is 0.887. The minimum absolute atomic E-state index is 0.275. The van der Waals surface area contributed by atoms with E-state index >= 15 is 0 Å². The molecule has 3 atom stereocenters. The van der Waals surface area contributed by atoms with Gasteiger partial charge in [-0.3, -0.25) is 0 Å². The highest BCUT2D eigenvalue weighted by atomic mass is 35.5. The van der Waals surface area contributed by atoms with E-state index in [0.29, 0.717) is 17.5 Å². The second-order valence-electron chi connectivity index (χ2n) is 5.77. The summed E-state index contributed by atoms with van der Waals surface area (Å²) in [6, 6.07) is 4.41. The highest BCUT2D eigenvalue weighted by Crippen LogP contribution is 2.44. The molecule has 1 aliphatic carbocycles. The van der Waals surface area contributed by atoms with Gasteiger partial charge in [0.15, 0.2) is 0 Å². The zero-order chi connectivity index (χ0) is 14.8. The normalized spacial score (nSPS) is 28.4. The molecule has 1 saturated carbocycles. The summed E-state index contributed by atoms with van der Waals surface area (Å²) in [5, 5.41) is 11.0. The van der Waals surface area contributed by atoms with Gasteiger partial charge in [0.1, 0.15) is 11.9 Å². The molecule has 0 heterocycles. The molecule has 1 fully saturated rings. The SMILES string of the molecule is CCOC1(C(O)c2ccc(Cl)cc2F)CCCC(C)C1. The molecule has 0 radical (unpaired) electrons. The van der Waals surface area contributed by atoms with Gasteiger partial charge in [0.25, 0.3) is 0 Å². The summed E-state index contributed by atoms with van der Waals surface area (Å²) < 4.78 is 20.0. The monoisotopic (exact) mass is 300 g/mol. The van der Waals surface area contributed by atoms with Crippen LogP contribution in [-0.4, -0.2) is 17.3 Å². The minimum Gasteiger partial charge on any atom is -0.385 e. The Kier molecular flexibility index (Phi) is 5.05. The molecule has 112 valence electrons. The minimum atomic E-state index is -0.956. The molecule has 0 aromatic heterocycles. The van der Waals surface area contributed by atoms with E-state index in [-0.39, 0.29) is 5.56 Å². The van der Waals surface area contributed by atoms with Crippen molar-refractivity contribution in [1.82, 2.24) is 0 Å². The van der Waals surface area contributed by atoms with E-state index in [9.17, 15) is 9.50 Å². The lowest BCUT2D eigenvalue weighted by atomic mass is 9.74. The fourth-order valence-electron chi connectivity index (χ4n) is 3.30. The van der Waals surface area contributed by atoms with Crippen molar-refractivity contribution in [2.75, 3.05) is 6.61 Å². The van der Waals surface area contributed by atoms with Crippen molar-refractivity contribution < 1.29 is 14.2 Å². The zero-order valence-corrected chi connectivity index (χ0v) is 12.8. The first-order valence-corrected chi connectivity index (χ1v) is 7.63. The maximum absolute atomic E-state index is 14.1. The van der Waals surface area contributed by atoms with Gasteiger partial charge < -0.3 is 9.84 Å². The Balaban J connectivity index is 2.32. The zero-order valence-electron chi connectivity index (χ0n) is 12.0. The van der Waals surface area contributed by atoms with Crippen LogP contribution in [0.3, 0.4) is 0 Å². The van der Waals surface area contributed by atoms with E-state index in [2.05, 4.69) is 6.92 Å². The first-order valence-electron chi connectivity index (χ1n) is 7.25. The second kappa shape index (κ2) is 6.42. The maximum atomic E-state index is 14.1. The molecule has 3 unspecified atom stereocenters. The van der Waals surface area contributed by atoms with E-state index in [0.717, 1.165) is 25.7 Å². The van der Waals surface area contributed by atoms with Gasteiger partial charge in [-0.1, -0.05) is 37.4 Å². The van der Waals surface area contributed by atoms with Gasteiger partial charge in [-0.2, -0.15) is 0 Å². The summed E-state index contributed by atoms with van der Waals surface area (Å²) in [6.45, 7) is 4.57. The molecule has 1 aliphatic rings. The molecule has 4 heteroatoms. The average Bonchev–Trinajstić information content (AvgIpc) is 2.38. The van der Waals surface area contributed by atoms with Crippen LogP contribution in [-0.2, 0) is 4.74 Å². The third-order valence-electron chi connectivity index (χ3n) is 4.18. The van der Waals surface area contributed by atoms with E-state index in [4.69, 9.17) is 16.3 Å². The van der Waals surface area contributed by atoms with Crippen molar-refractivity contribution in [2.45, 2.75) is 51.2 Å². The fraction of sp³-hybridized carbons (Fsp3) is 0.625. The summed E-state index contributed by atoms with van der Waals surface area (Å²) >= 11 is 5.77. The summed E-state index contributed by atoms with van der Waals surface area (Å²) in [5.74, 6) is 0.00242. The molecular weight excluding hydrogens is 279 g/mol. The van der Waals surface area contributed by atoms with Crippen molar-refractivity contribution >= 4 is 11.6 Å². The van der Waals surface area contributed by atoms with Crippen molar-refractivity contribution in [3.8, 4) is 0 Å². The average molecular weight is 301 g/mol. The van der Waals surface area contributed by atoms with Crippen LogP contribution in [0.2, 0.25) is 5.02 Å². The van der Waals surface area contributed by atoms with Crippen LogP contribution in [0, 0.1) is 11.7 Å². The van der Waals surface area contributed by atoms with Gasteiger partial charge in [0.05, 0.1) is 5.60 Å². The summed E-state index contributed by atoms with van der Waals surface area (Å²) in [7, 11) is 0. The lowest BCUT2D eigenvalue weighted by Crippen LogP contribution is -2.44. The number of aliphatic hydroxyl groups is 1. The largest absolute Gasteiger partial charge is 0.385 e. The molecule has 20 heavy (non-hydrogen) atoms. The van der Waals surface area contributed by atoms with E-state index in [1.54, 1.807) is 12.1 Å². The van der Waals surface area contributed by atoms with Crippen molar-refractivity contribution in [2.24, 2.45) is 5.92 Å². The number of aliphatic hydroxyl groups excluding tert-OH is 1. The lowest BCUT2D eigenvalue weighted by Gasteiger charge is -2.43. The second-order valence-corrected chi connectivity index (χ2v) is 6.20. The molecule has 1 aromatic carbocycles. The van der Waals surface area contributed by atoms with Gasteiger partial charge in [-0.15, -0.1) is 0 Å². The van der Waals surface area contributed by atoms with Crippen LogP contribution < -0.4 is 0 Å². The molecule has 2 nitrogen and oxygen atoms in total. The molecular formula is C16H22ClFO2. The van der Waals surface area contributed by atoms with Gasteiger partial charge >= 0.3 is 0 Å². The predicted octanol–water partition coefficient (Wildman–Crippen LogP) is 4.50. The standard InChI is InChI=1S/C16H22ClFO2/c1-3-20-16(8-4-5-11(2)10-16)15(19)13-7-6-12(17)9-14(13)18/h6-7,9,11,15,19H,3-5,8,10H2,1-2H3. The van der Waals surface area contributed by atoms with Crippen LogP contribution >= 0.6 is 11.6 Å². The van der Waals surface area contributed by atoms with Crippen LogP contribution in [0.1, 0.15) is 51.2 Å². The Morgan fingerprint density at radius 3 is 2.90 bits per heavy atom. The van der Waals surface area contributed by atoms with Gasteiger partial charge in [-0.25, -0.2) is 4.39 Å². The number of benzene rings is 1. The number of hydrogen-bond acceptors (Lipinski definition) is 2. The third-order valence-corrected chi connectivity index (χ3v) is 4.41. The van der Waals surface area contributed by atoms with E-state index < -0.39 is 17.5 Å². The summed E-state index contributed by atoms with van der Waals surface area (Å²) in [5.41, 5.74) is -0.405. The first-order chi connectivity index (χ1) is 9.48. The molecule has 0 amide bonds. The fourth-order valence-corrected chi connectivity index (χ4v) is 3.46. The van der Waals surface area contributed by atoms with Crippen molar-refractivity contribution in [1.29, 1.82) is 0 Å². The van der Waals surface area contributed by atoms with Crippen molar-refractivity contribution in [3.63, 3.8) is 0 Å². The van der Waals surface area contributed by atoms with Gasteiger partial charge in [0, 0.05) is 17.2 Å². The Morgan fingerprint density at radius 2 is 2.30 bits per heavy atom. The predicted molar refractivity (Wildman–Crippen MR) is 78.4 cm³/mol. The Bertz CT molecular complexity index is 462. The first kappa shape index (κ1) is 15.7. The number of rotatable bonds is 4. The van der Waals surface area contributed by atoms with Crippen LogP contribution in [0.4, 0.5) is 4.39 Å². The smallest absolute Gasteiger partial charge is 0.130 e. The molecule has 0 bridgehead atoms. The summed E-state index contributed by atoms with van der Waals surface area (Å²) in [6.07, 6.45) is 2.68. The number of hydrogen-bond donors (Lipinski definition) is 1. The van der Waals surface area contributed by atoms with Crippen LogP contribution in [0.25, 0.3) is 0 Å². The molecule has 0 spiro atoms. The Labute approximate surface area is 124 Å². The summed E-state index contributed by atoms with van der Waals surface area (Å²) in [4.78, 5) is 0. The van der Waals surface area contributed by atoms with Crippen LogP contribution in [0.15, 0.2) is 18.2 Å². The van der Waals surface area contributed by atoms with E-state index in [1.807, 2.05) is 6.92 Å². The molecule has 0 saturated heterocycles. The number of ether oxygens (including phenoxy) is 1. The molecule has 0 aliphatic heterocycles. The third kappa shape index (κ3) is 3.16. The highest BCUT2D eigenvalue weighted by molar-refractivity contribution is 6.30. The topological polar surface area (TPSA) is 29.5 Å². The maximum Gasteiger partial charge on any atom is 0.130 e. The molecule has 2 rings (SSSR count). The Morgan fingerprint density at radius 1 is 1.55 bits per heavy atom. The lowest BCUT2D eigenvalue weighted by molar-refractivity contribution is -0.150. The van der Waals surface area contributed by atoms with E-state index in [1.165, 1.54) is 6.07 Å². The molecule has 1 N–H and O–H groups in total. The van der Waals surface area contributed by atoms with Crippen molar-refractivity contribution in [3.05, 3.63) is 34.6 Å². The van der Waals surface area contributed by atoms with Crippen LogP contribution in [0.5, 0.6) is 0 Å².